The summed E-state index contributed by atoms with van der Waals surface area (Å²) in [5.74, 6) is -0.513. The summed E-state index contributed by atoms with van der Waals surface area (Å²) in [5, 5.41) is 3.29. The van der Waals surface area contributed by atoms with Gasteiger partial charge in [0, 0.05) is 61.7 Å². The lowest BCUT2D eigenvalue weighted by Gasteiger charge is -2.40. The molecular formula is C30H30ClFN4O2. The molecule has 2 bridgehead atoms. The molecule has 3 N–H and O–H groups in total. The van der Waals surface area contributed by atoms with Gasteiger partial charge in [-0.3, -0.25) is 14.5 Å². The topological polar surface area (TPSA) is 78.7 Å². The van der Waals surface area contributed by atoms with E-state index >= 15 is 0 Å². The molecule has 2 fully saturated rings. The van der Waals surface area contributed by atoms with Crippen LogP contribution in [0.4, 0.5) is 15.8 Å². The van der Waals surface area contributed by atoms with Crippen LogP contribution in [0.3, 0.4) is 0 Å². The van der Waals surface area contributed by atoms with Crippen LogP contribution < -0.4 is 11.1 Å². The van der Waals surface area contributed by atoms with Gasteiger partial charge in [0.05, 0.1) is 5.02 Å². The van der Waals surface area contributed by atoms with E-state index in [4.69, 9.17) is 17.3 Å². The number of hydrogen-bond donors (Lipinski definition) is 2. The predicted molar refractivity (Wildman–Crippen MR) is 150 cm³/mol. The van der Waals surface area contributed by atoms with E-state index in [1.165, 1.54) is 19.1 Å². The first-order chi connectivity index (χ1) is 18.3. The van der Waals surface area contributed by atoms with Crippen molar-refractivity contribution in [3.63, 3.8) is 0 Å². The second-order valence-corrected chi connectivity index (χ2v) is 10.4. The van der Waals surface area contributed by atoms with Crippen LogP contribution in [0.2, 0.25) is 5.02 Å². The maximum absolute atomic E-state index is 13.4. The zero-order valence-corrected chi connectivity index (χ0v) is 21.9. The Balaban J connectivity index is 1.35. The monoisotopic (exact) mass is 532 g/mol. The van der Waals surface area contributed by atoms with Crippen LogP contribution in [0.5, 0.6) is 0 Å². The zero-order chi connectivity index (χ0) is 26.8. The Hall–Kier alpha value is -3.68. The first kappa shape index (κ1) is 25.9. The number of piperazine rings is 1. The van der Waals surface area contributed by atoms with Crippen LogP contribution in [-0.4, -0.2) is 46.8 Å². The Bertz CT molecular complexity index is 1380. The van der Waals surface area contributed by atoms with E-state index in [2.05, 4.69) is 10.2 Å². The van der Waals surface area contributed by atoms with Gasteiger partial charge in [0.2, 0.25) is 11.8 Å². The molecule has 196 valence electrons. The Kier molecular flexibility index (Phi) is 7.49. The summed E-state index contributed by atoms with van der Waals surface area (Å²) < 4.78 is 13.3. The number of anilines is 2. The number of carbonyl (C=O) groups is 2. The number of rotatable bonds is 6. The zero-order valence-electron chi connectivity index (χ0n) is 21.2. The molecule has 3 aromatic rings. The van der Waals surface area contributed by atoms with Gasteiger partial charge >= 0.3 is 0 Å². The van der Waals surface area contributed by atoms with Crippen molar-refractivity contribution in [1.82, 2.24) is 9.80 Å². The van der Waals surface area contributed by atoms with Crippen molar-refractivity contribution in [1.29, 1.82) is 0 Å². The first-order valence-corrected chi connectivity index (χ1v) is 13.1. The van der Waals surface area contributed by atoms with E-state index in [0.717, 1.165) is 49.2 Å². The van der Waals surface area contributed by atoms with Gasteiger partial charge in [-0.2, -0.15) is 0 Å². The quantitative estimate of drug-likeness (QED) is 0.321. The van der Waals surface area contributed by atoms with Crippen molar-refractivity contribution in [3.05, 3.63) is 88.7 Å². The van der Waals surface area contributed by atoms with E-state index in [-0.39, 0.29) is 29.7 Å². The fraction of sp³-hybridized carbons (Fsp3) is 0.267. The van der Waals surface area contributed by atoms with Gasteiger partial charge in [-0.25, -0.2) is 4.39 Å². The van der Waals surface area contributed by atoms with Gasteiger partial charge in [-0.05, 0) is 72.0 Å². The van der Waals surface area contributed by atoms with E-state index in [0.29, 0.717) is 22.0 Å². The molecule has 2 aliphatic heterocycles. The van der Waals surface area contributed by atoms with Crippen LogP contribution in [-0.2, 0) is 16.1 Å². The van der Waals surface area contributed by atoms with Crippen molar-refractivity contribution < 1.29 is 14.0 Å². The van der Waals surface area contributed by atoms with Crippen LogP contribution in [0.1, 0.15) is 30.9 Å². The van der Waals surface area contributed by atoms with Crippen LogP contribution in [0.15, 0.2) is 66.7 Å². The molecule has 3 aromatic carbocycles. The molecule has 8 heteroatoms. The van der Waals surface area contributed by atoms with Crippen molar-refractivity contribution >= 4 is 40.9 Å². The minimum absolute atomic E-state index is 0.0480. The Labute approximate surface area is 226 Å². The molecule has 2 unspecified atom stereocenters. The van der Waals surface area contributed by atoms with E-state index in [1.54, 1.807) is 24.3 Å². The maximum Gasteiger partial charge on any atom is 0.247 e. The smallest absolute Gasteiger partial charge is 0.247 e. The average molecular weight is 533 g/mol. The van der Waals surface area contributed by atoms with E-state index < -0.39 is 0 Å². The highest BCUT2D eigenvalue weighted by molar-refractivity contribution is 6.34. The van der Waals surface area contributed by atoms with Gasteiger partial charge in [-0.15, -0.1) is 0 Å². The van der Waals surface area contributed by atoms with Crippen LogP contribution in [0, 0.1) is 5.82 Å². The summed E-state index contributed by atoms with van der Waals surface area (Å²) in [5.41, 5.74) is 10.5. The number of nitrogens with one attached hydrogen (secondary N) is 1. The van der Waals surface area contributed by atoms with Crippen molar-refractivity contribution in [2.24, 2.45) is 0 Å². The third kappa shape index (κ3) is 5.74. The maximum atomic E-state index is 13.4. The summed E-state index contributed by atoms with van der Waals surface area (Å²) in [6.07, 6.45) is 5.24. The lowest BCUT2D eigenvalue weighted by atomic mass is 10.0. The Morgan fingerprint density at radius 3 is 2.45 bits per heavy atom. The fourth-order valence-corrected chi connectivity index (χ4v) is 5.80. The number of nitrogen functional groups attached to an aromatic ring is 1. The number of fused-ring (bicyclic) bond motifs is 2. The first-order valence-electron chi connectivity index (χ1n) is 12.7. The molecule has 0 aliphatic carbocycles. The molecular weight excluding hydrogens is 503 g/mol. The summed E-state index contributed by atoms with van der Waals surface area (Å²) in [4.78, 5) is 29.6. The van der Waals surface area contributed by atoms with Gasteiger partial charge in [0.1, 0.15) is 5.82 Å². The molecule has 5 rings (SSSR count). The Morgan fingerprint density at radius 1 is 1.08 bits per heavy atom. The summed E-state index contributed by atoms with van der Waals surface area (Å²) in [6.45, 7) is 3.74. The van der Waals surface area contributed by atoms with Gasteiger partial charge in [0.15, 0.2) is 0 Å². The highest BCUT2D eigenvalue weighted by Gasteiger charge is 2.41. The van der Waals surface area contributed by atoms with Crippen molar-refractivity contribution in [2.45, 2.75) is 38.4 Å². The van der Waals surface area contributed by atoms with Crippen LogP contribution >= 0.6 is 11.6 Å². The lowest BCUT2D eigenvalue weighted by Crippen LogP contribution is -2.55. The third-order valence-corrected chi connectivity index (χ3v) is 7.50. The molecule has 0 radical (unpaired) electrons. The average Bonchev–Trinajstić information content (AvgIpc) is 3.14. The number of benzene rings is 3. The lowest BCUT2D eigenvalue weighted by molar-refractivity contribution is -0.131. The molecule has 2 aliphatic rings. The minimum Gasteiger partial charge on any atom is -0.399 e. The number of amides is 2. The molecule has 2 atom stereocenters. The highest BCUT2D eigenvalue weighted by atomic mass is 35.5. The minimum atomic E-state index is -0.238. The standard InChI is InChI=1S/C30H30ClFN4O2/c1-19(37)34-29-15-28(31)27(21-3-2-4-24(33)13-21)14-22(29)7-12-30(38)36-25-10-11-26(36)18-35(17-25)16-20-5-8-23(32)9-6-20/h2-9,12-15,25-26H,10-11,16-18,33H2,1H3,(H,34,37)/b12-7+. The van der Waals surface area contributed by atoms with Crippen molar-refractivity contribution in [2.75, 3.05) is 24.1 Å². The Morgan fingerprint density at radius 2 is 1.79 bits per heavy atom. The molecule has 2 heterocycles. The van der Waals surface area contributed by atoms with Gasteiger partial charge in [-0.1, -0.05) is 35.9 Å². The normalized spacial score (nSPS) is 19.2. The molecule has 2 saturated heterocycles. The fourth-order valence-electron chi connectivity index (χ4n) is 5.53. The second-order valence-electron chi connectivity index (χ2n) is 10.0. The molecule has 2 amide bonds. The second kappa shape index (κ2) is 11.0. The predicted octanol–water partition coefficient (Wildman–Crippen LogP) is 5.58. The number of hydrogen-bond acceptors (Lipinski definition) is 4. The van der Waals surface area contributed by atoms with Gasteiger partial charge < -0.3 is 16.0 Å². The van der Waals surface area contributed by atoms with Crippen molar-refractivity contribution in [3.8, 4) is 11.1 Å². The molecule has 0 spiro atoms. The number of likely N-dealkylation sites (tertiary alicyclic amines) is 1. The molecule has 0 saturated carbocycles. The van der Waals surface area contributed by atoms with E-state index in [9.17, 15) is 14.0 Å². The SMILES string of the molecule is CC(=O)Nc1cc(Cl)c(-c2cccc(N)c2)cc1/C=C/C(=O)N1C2CCC1CN(Cc1ccc(F)cc1)C2. The molecule has 0 aromatic heterocycles. The van der Waals surface area contributed by atoms with E-state index in [1.807, 2.05) is 41.3 Å². The third-order valence-electron chi connectivity index (χ3n) is 7.18. The number of nitrogens with zero attached hydrogens (tertiary/aromatic N) is 2. The number of halogens is 2. The summed E-state index contributed by atoms with van der Waals surface area (Å²) in [6, 6.07) is 17.8. The number of nitrogens with two attached hydrogens (primary N) is 1. The number of carbonyl (C=O) groups excluding carboxylic acids is 2. The highest BCUT2D eigenvalue weighted by Crippen LogP contribution is 2.35. The molecule has 6 nitrogen and oxygen atoms in total. The van der Waals surface area contributed by atoms with Crippen LogP contribution in [0.25, 0.3) is 17.2 Å². The molecule has 38 heavy (non-hydrogen) atoms. The van der Waals surface area contributed by atoms with Gasteiger partial charge in [0.25, 0.3) is 0 Å². The summed E-state index contributed by atoms with van der Waals surface area (Å²) >= 11 is 6.57. The summed E-state index contributed by atoms with van der Waals surface area (Å²) in [7, 11) is 0. The largest absolute Gasteiger partial charge is 0.399 e.